The molecule has 1 aromatic carbocycles. The highest BCUT2D eigenvalue weighted by atomic mass is 14.4. The van der Waals surface area contributed by atoms with Crippen molar-refractivity contribution in [2.24, 2.45) is 0 Å². The van der Waals surface area contributed by atoms with E-state index in [0.29, 0.717) is 5.41 Å². The lowest BCUT2D eigenvalue weighted by Crippen LogP contribution is -1.99. The molecule has 1 aliphatic rings. The number of hydrogen-bond donors (Lipinski definition) is 0. The van der Waals surface area contributed by atoms with E-state index in [1.807, 2.05) is 6.92 Å². The maximum atomic E-state index is 8.78. The molecule has 0 aromatic heterocycles. The molecule has 0 spiro atoms. The molecule has 0 bridgehead atoms. The Bertz CT molecular complexity index is 365. The minimum atomic E-state index is 0.0102. The van der Waals surface area contributed by atoms with E-state index in [-0.39, 0.29) is 5.92 Å². The molecular formula is C13H15N. The third-order valence-electron chi connectivity index (χ3n) is 3.30. The summed E-state index contributed by atoms with van der Waals surface area (Å²) < 4.78 is 0. The van der Waals surface area contributed by atoms with Gasteiger partial charge in [0.05, 0.1) is 12.0 Å². The molecule has 1 heteroatoms. The molecule has 1 atom stereocenters. The van der Waals surface area contributed by atoms with Crippen molar-refractivity contribution in [3.8, 4) is 6.07 Å². The highest BCUT2D eigenvalue weighted by molar-refractivity contribution is 5.35. The van der Waals surface area contributed by atoms with Crippen LogP contribution in [0.1, 0.15) is 43.7 Å². The lowest BCUT2D eigenvalue weighted by Gasteiger charge is -2.10. The van der Waals surface area contributed by atoms with Crippen LogP contribution in [0.2, 0.25) is 0 Å². The standard InChI is InChI=1S/C13H15N/c1-10(9-14)11-3-5-12(6-4-11)13(2)7-8-13/h3-6,10H,7-8H2,1-2H3. The first-order valence-electron chi connectivity index (χ1n) is 5.16. The molecule has 0 amide bonds. The molecule has 0 radical (unpaired) electrons. The molecule has 0 aliphatic heterocycles. The zero-order valence-electron chi connectivity index (χ0n) is 8.75. The molecule has 1 saturated carbocycles. The van der Waals surface area contributed by atoms with E-state index in [2.05, 4.69) is 37.3 Å². The van der Waals surface area contributed by atoms with Gasteiger partial charge in [-0.1, -0.05) is 31.2 Å². The van der Waals surface area contributed by atoms with Crippen molar-refractivity contribution < 1.29 is 0 Å². The second kappa shape index (κ2) is 3.13. The smallest absolute Gasteiger partial charge is 0.0700 e. The SMILES string of the molecule is CC(C#N)c1ccc(C2(C)CC2)cc1. The zero-order chi connectivity index (χ0) is 10.2. The first-order chi connectivity index (χ1) is 6.65. The van der Waals surface area contributed by atoms with E-state index in [1.54, 1.807) is 0 Å². The van der Waals surface area contributed by atoms with Crippen LogP contribution < -0.4 is 0 Å². The van der Waals surface area contributed by atoms with E-state index in [1.165, 1.54) is 18.4 Å². The van der Waals surface area contributed by atoms with Crippen molar-refractivity contribution in [3.05, 3.63) is 35.4 Å². The number of rotatable bonds is 2. The summed E-state index contributed by atoms with van der Waals surface area (Å²) >= 11 is 0. The summed E-state index contributed by atoms with van der Waals surface area (Å²) in [4.78, 5) is 0. The quantitative estimate of drug-likeness (QED) is 0.693. The van der Waals surface area contributed by atoms with E-state index >= 15 is 0 Å². The van der Waals surface area contributed by atoms with Crippen molar-refractivity contribution in [1.29, 1.82) is 5.26 Å². The van der Waals surface area contributed by atoms with Gasteiger partial charge in [-0.05, 0) is 36.3 Å². The molecular weight excluding hydrogens is 170 g/mol. The van der Waals surface area contributed by atoms with Gasteiger partial charge in [0.1, 0.15) is 0 Å². The summed E-state index contributed by atoms with van der Waals surface area (Å²) in [7, 11) is 0. The molecule has 0 N–H and O–H groups in total. The van der Waals surface area contributed by atoms with Gasteiger partial charge in [0.25, 0.3) is 0 Å². The topological polar surface area (TPSA) is 23.8 Å². The third kappa shape index (κ3) is 1.53. The Kier molecular flexibility index (Phi) is 2.07. The van der Waals surface area contributed by atoms with Crippen molar-refractivity contribution >= 4 is 0 Å². The fraction of sp³-hybridized carbons (Fsp3) is 0.462. The number of hydrogen-bond acceptors (Lipinski definition) is 1. The van der Waals surface area contributed by atoms with Crippen LogP contribution in [-0.2, 0) is 5.41 Å². The largest absolute Gasteiger partial charge is 0.198 e. The van der Waals surface area contributed by atoms with E-state index < -0.39 is 0 Å². The predicted molar refractivity (Wildman–Crippen MR) is 57.1 cm³/mol. The molecule has 72 valence electrons. The summed E-state index contributed by atoms with van der Waals surface area (Å²) in [6.07, 6.45) is 2.61. The van der Waals surface area contributed by atoms with Gasteiger partial charge in [-0.3, -0.25) is 0 Å². The molecule has 14 heavy (non-hydrogen) atoms. The molecule has 1 nitrogen and oxygen atoms in total. The Morgan fingerprint density at radius 2 is 1.86 bits per heavy atom. The van der Waals surface area contributed by atoms with Crippen LogP contribution in [0.15, 0.2) is 24.3 Å². The van der Waals surface area contributed by atoms with E-state index in [4.69, 9.17) is 5.26 Å². The maximum absolute atomic E-state index is 8.78. The molecule has 0 saturated heterocycles. The lowest BCUT2D eigenvalue weighted by molar-refractivity contribution is 0.786. The second-order valence-corrected chi connectivity index (χ2v) is 4.53. The van der Waals surface area contributed by atoms with Gasteiger partial charge < -0.3 is 0 Å². The highest BCUT2D eigenvalue weighted by Gasteiger charge is 2.38. The van der Waals surface area contributed by atoms with Gasteiger partial charge in [-0.25, -0.2) is 0 Å². The van der Waals surface area contributed by atoms with E-state index in [9.17, 15) is 0 Å². The van der Waals surface area contributed by atoms with Crippen LogP contribution in [-0.4, -0.2) is 0 Å². The normalized spacial score (nSPS) is 19.8. The Morgan fingerprint density at radius 1 is 1.29 bits per heavy atom. The maximum Gasteiger partial charge on any atom is 0.0700 e. The zero-order valence-corrected chi connectivity index (χ0v) is 8.75. The van der Waals surface area contributed by atoms with Crippen molar-refractivity contribution in [2.75, 3.05) is 0 Å². The van der Waals surface area contributed by atoms with Gasteiger partial charge >= 0.3 is 0 Å². The van der Waals surface area contributed by atoms with Gasteiger partial charge in [-0.2, -0.15) is 5.26 Å². The third-order valence-corrected chi connectivity index (χ3v) is 3.30. The monoisotopic (exact) mass is 185 g/mol. The van der Waals surface area contributed by atoms with Gasteiger partial charge in [0, 0.05) is 0 Å². The van der Waals surface area contributed by atoms with Gasteiger partial charge in [-0.15, -0.1) is 0 Å². The van der Waals surface area contributed by atoms with Crippen LogP contribution in [0, 0.1) is 11.3 Å². The van der Waals surface area contributed by atoms with Crippen molar-refractivity contribution in [2.45, 2.75) is 38.0 Å². The first-order valence-corrected chi connectivity index (χ1v) is 5.16. The lowest BCUT2D eigenvalue weighted by atomic mass is 9.94. The van der Waals surface area contributed by atoms with E-state index in [0.717, 1.165) is 5.56 Å². The summed E-state index contributed by atoms with van der Waals surface area (Å²) in [6, 6.07) is 10.8. The molecule has 1 aromatic rings. The second-order valence-electron chi connectivity index (χ2n) is 4.53. The van der Waals surface area contributed by atoms with Crippen molar-refractivity contribution in [1.82, 2.24) is 0 Å². The fourth-order valence-corrected chi connectivity index (χ4v) is 1.72. The van der Waals surface area contributed by atoms with Gasteiger partial charge in [0.15, 0.2) is 0 Å². The first kappa shape index (κ1) is 9.27. The average Bonchev–Trinajstić information content (AvgIpc) is 2.97. The van der Waals surface area contributed by atoms with Crippen LogP contribution in [0.3, 0.4) is 0 Å². The Labute approximate surface area is 85.4 Å². The fourth-order valence-electron chi connectivity index (χ4n) is 1.72. The van der Waals surface area contributed by atoms with Crippen LogP contribution in [0.25, 0.3) is 0 Å². The molecule has 2 rings (SSSR count). The Morgan fingerprint density at radius 3 is 2.29 bits per heavy atom. The minimum Gasteiger partial charge on any atom is -0.198 e. The van der Waals surface area contributed by atoms with Crippen LogP contribution >= 0.6 is 0 Å². The summed E-state index contributed by atoms with van der Waals surface area (Å²) in [5, 5.41) is 8.78. The number of nitrogens with zero attached hydrogens (tertiary/aromatic N) is 1. The molecule has 1 fully saturated rings. The number of nitriles is 1. The summed E-state index contributed by atoms with van der Waals surface area (Å²) in [5.41, 5.74) is 2.99. The van der Waals surface area contributed by atoms with Crippen molar-refractivity contribution in [3.63, 3.8) is 0 Å². The molecule has 0 heterocycles. The predicted octanol–water partition coefficient (Wildman–Crippen LogP) is 3.37. The van der Waals surface area contributed by atoms with Crippen LogP contribution in [0.4, 0.5) is 0 Å². The molecule has 1 aliphatic carbocycles. The van der Waals surface area contributed by atoms with Gasteiger partial charge in [0.2, 0.25) is 0 Å². The Hall–Kier alpha value is -1.29. The minimum absolute atomic E-state index is 0.0102. The summed E-state index contributed by atoms with van der Waals surface area (Å²) in [5.74, 6) is 0.0102. The highest BCUT2D eigenvalue weighted by Crippen LogP contribution is 2.47. The summed E-state index contributed by atoms with van der Waals surface area (Å²) in [6.45, 7) is 4.24. The Balaban J connectivity index is 2.23. The number of benzene rings is 1. The van der Waals surface area contributed by atoms with Crippen LogP contribution in [0.5, 0.6) is 0 Å². The molecule has 1 unspecified atom stereocenters. The average molecular weight is 185 g/mol.